The zero-order valence-electron chi connectivity index (χ0n) is 9.72. The molecule has 1 rings (SSSR count). The summed E-state index contributed by atoms with van der Waals surface area (Å²) in [6.07, 6.45) is 2.92. The first-order valence-electron chi connectivity index (χ1n) is 5.26. The zero-order chi connectivity index (χ0) is 12.7. The molecule has 17 heavy (non-hydrogen) atoms. The molecule has 0 bridgehead atoms. The number of ether oxygens (including phenoxy) is 1. The summed E-state index contributed by atoms with van der Waals surface area (Å²) in [5, 5.41) is 0. The lowest BCUT2D eigenvalue weighted by Gasteiger charge is -2.06. The molecule has 0 aliphatic heterocycles. The Morgan fingerprint density at radius 1 is 1.47 bits per heavy atom. The molecule has 7 heteroatoms. The van der Waals surface area contributed by atoms with E-state index in [9.17, 15) is 8.42 Å². The van der Waals surface area contributed by atoms with Gasteiger partial charge in [-0.1, -0.05) is 0 Å². The molecule has 0 unspecified atom stereocenters. The van der Waals surface area contributed by atoms with E-state index in [1.807, 2.05) is 0 Å². The van der Waals surface area contributed by atoms with Gasteiger partial charge in [-0.2, -0.15) is 0 Å². The Balaban J connectivity index is 2.51. The third kappa shape index (κ3) is 4.68. The SMILES string of the molecule is COCCCCNS(=O)(=O)c1ccnc(N)c1. The van der Waals surface area contributed by atoms with E-state index in [1.165, 1.54) is 18.3 Å². The van der Waals surface area contributed by atoms with Gasteiger partial charge < -0.3 is 10.5 Å². The topological polar surface area (TPSA) is 94.3 Å². The number of aromatic nitrogens is 1. The Morgan fingerprint density at radius 2 is 2.24 bits per heavy atom. The second-order valence-electron chi connectivity index (χ2n) is 3.51. The summed E-state index contributed by atoms with van der Waals surface area (Å²) >= 11 is 0. The van der Waals surface area contributed by atoms with Gasteiger partial charge in [-0.3, -0.25) is 0 Å². The first kappa shape index (κ1) is 13.9. The summed E-state index contributed by atoms with van der Waals surface area (Å²) in [6, 6.07) is 2.74. The molecule has 0 aliphatic carbocycles. The molecule has 1 aromatic heterocycles. The molecule has 1 aromatic rings. The summed E-state index contributed by atoms with van der Waals surface area (Å²) in [7, 11) is -1.87. The number of nitrogen functional groups attached to an aromatic ring is 1. The maximum absolute atomic E-state index is 11.8. The van der Waals surface area contributed by atoms with Crippen LogP contribution in [-0.4, -0.2) is 33.7 Å². The molecule has 0 aliphatic rings. The first-order valence-corrected chi connectivity index (χ1v) is 6.75. The largest absolute Gasteiger partial charge is 0.385 e. The van der Waals surface area contributed by atoms with Gasteiger partial charge in [0.2, 0.25) is 10.0 Å². The Labute approximate surface area is 101 Å². The maximum atomic E-state index is 11.8. The zero-order valence-corrected chi connectivity index (χ0v) is 10.5. The minimum atomic E-state index is -3.48. The lowest BCUT2D eigenvalue weighted by molar-refractivity contribution is 0.193. The number of nitrogens with two attached hydrogens (primary N) is 1. The number of nitrogens with one attached hydrogen (secondary N) is 1. The summed E-state index contributed by atoms with van der Waals surface area (Å²) < 4.78 is 30.9. The second kappa shape index (κ2) is 6.53. The molecule has 96 valence electrons. The summed E-state index contributed by atoms with van der Waals surface area (Å²) in [4.78, 5) is 3.88. The number of anilines is 1. The molecular weight excluding hydrogens is 242 g/mol. The number of hydrogen-bond donors (Lipinski definition) is 2. The number of nitrogens with zero attached hydrogens (tertiary/aromatic N) is 1. The normalized spacial score (nSPS) is 11.6. The van der Waals surface area contributed by atoms with E-state index in [0.717, 1.165) is 12.8 Å². The fourth-order valence-electron chi connectivity index (χ4n) is 1.26. The second-order valence-corrected chi connectivity index (χ2v) is 5.28. The summed E-state index contributed by atoms with van der Waals surface area (Å²) in [6.45, 7) is 1.01. The smallest absolute Gasteiger partial charge is 0.240 e. The van der Waals surface area contributed by atoms with Gasteiger partial charge in [0.05, 0.1) is 4.90 Å². The lowest BCUT2D eigenvalue weighted by atomic mass is 10.3. The van der Waals surface area contributed by atoms with Crippen LogP contribution < -0.4 is 10.5 Å². The quantitative estimate of drug-likeness (QED) is 0.690. The standard InChI is InChI=1S/C10H17N3O3S/c1-16-7-3-2-5-13-17(14,15)9-4-6-12-10(11)8-9/h4,6,8,13H,2-3,5,7H2,1H3,(H2,11,12). The Morgan fingerprint density at radius 3 is 2.88 bits per heavy atom. The number of pyridine rings is 1. The molecule has 0 radical (unpaired) electrons. The van der Waals surface area contributed by atoms with Gasteiger partial charge in [0.1, 0.15) is 5.82 Å². The molecular formula is C10H17N3O3S. The van der Waals surface area contributed by atoms with E-state index in [4.69, 9.17) is 10.5 Å². The molecule has 0 aromatic carbocycles. The van der Waals surface area contributed by atoms with Gasteiger partial charge in [-0.25, -0.2) is 18.1 Å². The number of methoxy groups -OCH3 is 1. The molecule has 6 nitrogen and oxygen atoms in total. The Kier molecular flexibility index (Phi) is 5.33. The third-order valence-electron chi connectivity index (χ3n) is 2.13. The van der Waals surface area contributed by atoms with Gasteiger partial charge in [0.15, 0.2) is 0 Å². The first-order chi connectivity index (χ1) is 8.06. The summed E-state index contributed by atoms with van der Waals surface area (Å²) in [5.41, 5.74) is 5.43. The number of hydrogen-bond acceptors (Lipinski definition) is 5. The van der Waals surface area contributed by atoms with Crippen LogP contribution in [0.1, 0.15) is 12.8 Å². The third-order valence-corrected chi connectivity index (χ3v) is 3.59. The fraction of sp³-hybridized carbons (Fsp3) is 0.500. The van der Waals surface area contributed by atoms with Crippen LogP contribution in [0.4, 0.5) is 5.82 Å². The van der Waals surface area contributed by atoms with E-state index in [1.54, 1.807) is 7.11 Å². The van der Waals surface area contributed by atoms with E-state index in [-0.39, 0.29) is 10.7 Å². The van der Waals surface area contributed by atoms with Crippen LogP contribution in [0.15, 0.2) is 23.2 Å². The highest BCUT2D eigenvalue weighted by Crippen LogP contribution is 2.09. The Bertz CT molecular complexity index is 448. The average molecular weight is 259 g/mol. The summed E-state index contributed by atoms with van der Waals surface area (Å²) in [5.74, 6) is 0.187. The number of rotatable bonds is 7. The van der Waals surface area contributed by atoms with Gasteiger partial charge in [0, 0.05) is 32.5 Å². The van der Waals surface area contributed by atoms with Crippen molar-refractivity contribution in [3.05, 3.63) is 18.3 Å². The Hall–Kier alpha value is -1.18. The van der Waals surface area contributed by atoms with Crippen molar-refractivity contribution in [2.75, 3.05) is 26.0 Å². The fourth-order valence-corrected chi connectivity index (χ4v) is 2.35. The lowest BCUT2D eigenvalue weighted by Crippen LogP contribution is -2.25. The van der Waals surface area contributed by atoms with Crippen LogP contribution in [-0.2, 0) is 14.8 Å². The van der Waals surface area contributed by atoms with Crippen molar-refractivity contribution in [1.82, 2.24) is 9.71 Å². The predicted octanol–water partition coefficient (Wildman–Crippen LogP) is 0.369. The predicted molar refractivity (Wildman–Crippen MR) is 64.9 cm³/mol. The molecule has 0 saturated carbocycles. The van der Waals surface area contributed by atoms with E-state index < -0.39 is 10.0 Å². The van der Waals surface area contributed by atoms with Crippen LogP contribution in [0.3, 0.4) is 0 Å². The molecule has 0 fully saturated rings. The van der Waals surface area contributed by atoms with Crippen molar-refractivity contribution < 1.29 is 13.2 Å². The molecule has 0 amide bonds. The van der Waals surface area contributed by atoms with Crippen molar-refractivity contribution in [3.8, 4) is 0 Å². The minimum Gasteiger partial charge on any atom is -0.385 e. The van der Waals surface area contributed by atoms with E-state index in [2.05, 4.69) is 9.71 Å². The van der Waals surface area contributed by atoms with Crippen molar-refractivity contribution in [2.24, 2.45) is 0 Å². The molecule has 0 spiro atoms. The maximum Gasteiger partial charge on any atom is 0.240 e. The van der Waals surface area contributed by atoms with Gasteiger partial charge in [0.25, 0.3) is 0 Å². The minimum absolute atomic E-state index is 0.136. The van der Waals surface area contributed by atoms with Crippen LogP contribution in [0, 0.1) is 0 Å². The van der Waals surface area contributed by atoms with Crippen LogP contribution >= 0.6 is 0 Å². The molecule has 1 heterocycles. The average Bonchev–Trinajstić information content (AvgIpc) is 2.29. The number of unbranched alkanes of at least 4 members (excludes halogenated alkanes) is 1. The highest BCUT2D eigenvalue weighted by Gasteiger charge is 2.13. The molecule has 0 saturated heterocycles. The van der Waals surface area contributed by atoms with Crippen molar-refractivity contribution >= 4 is 15.8 Å². The van der Waals surface area contributed by atoms with Crippen molar-refractivity contribution in [2.45, 2.75) is 17.7 Å². The van der Waals surface area contributed by atoms with E-state index >= 15 is 0 Å². The van der Waals surface area contributed by atoms with Crippen molar-refractivity contribution in [3.63, 3.8) is 0 Å². The molecule has 0 atom stereocenters. The van der Waals surface area contributed by atoms with Gasteiger partial charge in [-0.15, -0.1) is 0 Å². The van der Waals surface area contributed by atoms with Crippen LogP contribution in [0.25, 0.3) is 0 Å². The van der Waals surface area contributed by atoms with E-state index in [0.29, 0.717) is 13.2 Å². The highest BCUT2D eigenvalue weighted by atomic mass is 32.2. The van der Waals surface area contributed by atoms with Crippen molar-refractivity contribution in [1.29, 1.82) is 0 Å². The molecule has 3 N–H and O–H groups in total. The van der Waals surface area contributed by atoms with Crippen LogP contribution in [0.2, 0.25) is 0 Å². The van der Waals surface area contributed by atoms with Gasteiger partial charge in [-0.05, 0) is 18.9 Å². The van der Waals surface area contributed by atoms with Crippen LogP contribution in [0.5, 0.6) is 0 Å². The van der Waals surface area contributed by atoms with Gasteiger partial charge >= 0.3 is 0 Å². The highest BCUT2D eigenvalue weighted by molar-refractivity contribution is 7.89. The monoisotopic (exact) mass is 259 g/mol. The number of sulfonamides is 1.